The van der Waals surface area contributed by atoms with Crippen LogP contribution in [-0.2, 0) is 25.6 Å². The summed E-state index contributed by atoms with van der Waals surface area (Å²) in [5.41, 5.74) is 30.9. The molecule has 0 heterocycles. The lowest BCUT2D eigenvalue weighted by molar-refractivity contribution is -0.143. The average Bonchev–Trinajstić information content (AvgIpc) is 2.91. The number of unbranched alkanes of at least 4 members (excludes halogenated alkanes) is 1. The van der Waals surface area contributed by atoms with E-state index < -0.39 is 35.7 Å². The summed E-state index contributed by atoms with van der Waals surface area (Å²) >= 11 is 0. The summed E-state index contributed by atoms with van der Waals surface area (Å²) in [5, 5.41) is 13.0. The SMILES string of the molecule is Cc1cc(O)cc(C)c1C[C@H](CC(=O)[C@H](N)CCCN=C(N)N)C(=O)N[C@@H](CCCCN)C(=O)C[C@@H](CC12CC(C1)C2)C(N)=O. The number of phenols is 1. The van der Waals surface area contributed by atoms with Crippen molar-refractivity contribution in [3.63, 3.8) is 0 Å². The highest BCUT2D eigenvalue weighted by Gasteiger charge is 2.57. The summed E-state index contributed by atoms with van der Waals surface area (Å²) in [6.07, 6.45) is 6.41. The number of aromatic hydroxyl groups is 1. The maximum atomic E-state index is 13.9. The van der Waals surface area contributed by atoms with E-state index >= 15 is 0 Å². The van der Waals surface area contributed by atoms with Crippen molar-refractivity contribution >= 4 is 29.3 Å². The van der Waals surface area contributed by atoms with Gasteiger partial charge in [0.05, 0.1) is 12.1 Å². The highest BCUT2D eigenvalue weighted by molar-refractivity contribution is 5.94. The molecule has 0 aliphatic heterocycles. The van der Waals surface area contributed by atoms with Crippen LogP contribution in [0.3, 0.4) is 0 Å². The second kappa shape index (κ2) is 16.2. The summed E-state index contributed by atoms with van der Waals surface area (Å²) in [6.45, 7) is 4.45. The first-order valence-corrected chi connectivity index (χ1v) is 16.2. The molecule has 3 saturated carbocycles. The number of phenolic OH excluding ortho intramolecular Hbond substituents is 1. The number of hydrogen-bond acceptors (Lipinski definition) is 8. The van der Waals surface area contributed by atoms with Crippen molar-refractivity contribution < 1.29 is 24.3 Å². The molecule has 250 valence electrons. The number of carbonyl (C=O) groups excluding carboxylic acids is 4. The van der Waals surface area contributed by atoms with Gasteiger partial charge in [-0.1, -0.05) is 0 Å². The Morgan fingerprint density at radius 3 is 2.11 bits per heavy atom. The van der Waals surface area contributed by atoms with Gasteiger partial charge in [0.2, 0.25) is 11.8 Å². The molecule has 3 aliphatic rings. The van der Waals surface area contributed by atoms with Crippen LogP contribution in [0.1, 0.15) is 87.3 Å². The molecule has 3 fully saturated rings. The van der Waals surface area contributed by atoms with Crippen LogP contribution in [0.25, 0.3) is 0 Å². The van der Waals surface area contributed by atoms with E-state index in [4.69, 9.17) is 28.7 Å². The molecule has 0 spiro atoms. The number of rotatable bonds is 21. The first-order valence-electron chi connectivity index (χ1n) is 16.2. The zero-order valence-corrected chi connectivity index (χ0v) is 26.9. The Morgan fingerprint density at radius 1 is 0.956 bits per heavy atom. The van der Waals surface area contributed by atoms with E-state index in [0.29, 0.717) is 51.6 Å². The van der Waals surface area contributed by atoms with Gasteiger partial charge >= 0.3 is 0 Å². The zero-order chi connectivity index (χ0) is 33.3. The van der Waals surface area contributed by atoms with Gasteiger partial charge in [-0.3, -0.25) is 24.2 Å². The minimum absolute atomic E-state index is 0.0320. The summed E-state index contributed by atoms with van der Waals surface area (Å²) in [6, 6.07) is 1.58. The summed E-state index contributed by atoms with van der Waals surface area (Å²) < 4.78 is 0. The highest BCUT2D eigenvalue weighted by atomic mass is 16.3. The lowest BCUT2D eigenvalue weighted by Crippen LogP contribution is -2.54. The van der Waals surface area contributed by atoms with E-state index in [1.165, 1.54) is 0 Å². The molecule has 12 N–H and O–H groups in total. The van der Waals surface area contributed by atoms with Gasteiger partial charge in [-0.15, -0.1) is 0 Å². The molecule has 2 amide bonds. The van der Waals surface area contributed by atoms with Gasteiger partial charge in [-0.2, -0.15) is 0 Å². The third-order valence-corrected chi connectivity index (χ3v) is 9.68. The van der Waals surface area contributed by atoms with Crippen molar-refractivity contribution in [2.75, 3.05) is 13.1 Å². The van der Waals surface area contributed by atoms with Crippen molar-refractivity contribution in [3.8, 4) is 5.75 Å². The van der Waals surface area contributed by atoms with Crippen LogP contribution in [0.5, 0.6) is 5.75 Å². The Labute approximate surface area is 266 Å². The van der Waals surface area contributed by atoms with Gasteiger partial charge in [0, 0.05) is 31.2 Å². The number of nitrogens with two attached hydrogens (primary N) is 5. The summed E-state index contributed by atoms with van der Waals surface area (Å²) in [7, 11) is 0. The Bertz CT molecular complexity index is 1220. The number of nitrogens with one attached hydrogen (secondary N) is 1. The molecule has 0 radical (unpaired) electrons. The standard InChI is InChI=1S/C33H53N7O5/c1-19-10-24(41)11-20(2)25(19)12-22(13-28(42)26(35)6-5-9-39-32(37)38)31(45)40-27(7-3-4-8-34)29(43)14-23(30(36)44)18-33-15-21(16-33)17-33/h10-11,21-23,26-27,41H,3-9,12-18,34-35H2,1-2H3,(H2,36,44)(H,40,45)(H4,37,38,39)/t21?,22-,23+,26-,27+,33?/m1/s1. The number of amides is 2. The highest BCUT2D eigenvalue weighted by Crippen LogP contribution is 2.67. The molecule has 45 heavy (non-hydrogen) atoms. The number of nitrogens with zero attached hydrogens (tertiary/aromatic N) is 1. The molecule has 0 aromatic heterocycles. The predicted octanol–water partition coefficient (Wildman–Crippen LogP) is 1.37. The van der Waals surface area contributed by atoms with E-state index in [1.807, 2.05) is 13.8 Å². The number of aliphatic imine (C=N–C) groups is 1. The Balaban J connectivity index is 1.77. The molecular weight excluding hydrogens is 574 g/mol. The molecular formula is C33H53N7O5. The minimum Gasteiger partial charge on any atom is -0.508 e. The fourth-order valence-electron chi connectivity index (χ4n) is 7.06. The van der Waals surface area contributed by atoms with Crippen LogP contribution in [0, 0.1) is 37.0 Å². The van der Waals surface area contributed by atoms with Crippen molar-refractivity contribution in [1.29, 1.82) is 0 Å². The first kappa shape index (κ1) is 36.0. The van der Waals surface area contributed by atoms with Crippen molar-refractivity contribution in [1.82, 2.24) is 5.32 Å². The molecule has 1 aromatic carbocycles. The Kier molecular flexibility index (Phi) is 12.9. The number of primary amides is 1. The van der Waals surface area contributed by atoms with Gasteiger partial charge in [-0.05, 0) is 125 Å². The van der Waals surface area contributed by atoms with E-state index in [9.17, 15) is 24.3 Å². The maximum absolute atomic E-state index is 13.9. The molecule has 4 atom stereocenters. The van der Waals surface area contributed by atoms with Crippen molar-refractivity contribution in [2.45, 2.75) is 103 Å². The smallest absolute Gasteiger partial charge is 0.224 e. The molecule has 1 aromatic rings. The number of guanidine groups is 1. The molecule has 12 nitrogen and oxygen atoms in total. The summed E-state index contributed by atoms with van der Waals surface area (Å²) in [5.74, 6) is -2.04. The largest absolute Gasteiger partial charge is 0.508 e. The lowest BCUT2D eigenvalue weighted by Gasteiger charge is -2.63. The number of carbonyl (C=O) groups is 4. The first-order chi connectivity index (χ1) is 21.2. The molecule has 0 saturated heterocycles. The zero-order valence-electron chi connectivity index (χ0n) is 26.9. The average molecular weight is 628 g/mol. The topological polar surface area (TPSA) is 243 Å². The number of benzene rings is 1. The number of Topliss-reactive ketones (excluding diaryl/α,β-unsaturated/α-hetero) is 2. The van der Waals surface area contributed by atoms with Crippen LogP contribution in [0.2, 0.25) is 0 Å². The number of ketones is 2. The number of hydrogen-bond donors (Lipinski definition) is 7. The van der Waals surface area contributed by atoms with Crippen molar-refractivity contribution in [2.24, 2.45) is 56.8 Å². The lowest BCUT2D eigenvalue weighted by atomic mass is 9.42. The third kappa shape index (κ3) is 10.3. The molecule has 3 aliphatic carbocycles. The molecule has 2 bridgehead atoms. The second-order valence-electron chi connectivity index (χ2n) is 13.5. The predicted molar refractivity (Wildman–Crippen MR) is 174 cm³/mol. The Morgan fingerprint density at radius 2 is 1.58 bits per heavy atom. The van der Waals surface area contributed by atoms with Gasteiger partial charge in [0.1, 0.15) is 11.5 Å². The van der Waals surface area contributed by atoms with Crippen LogP contribution < -0.4 is 34.0 Å². The van der Waals surface area contributed by atoms with E-state index in [-0.39, 0.29) is 48.0 Å². The fraction of sp³-hybridized carbons (Fsp3) is 0.667. The second-order valence-corrected chi connectivity index (χ2v) is 13.5. The van der Waals surface area contributed by atoms with E-state index in [1.54, 1.807) is 12.1 Å². The van der Waals surface area contributed by atoms with Crippen molar-refractivity contribution in [3.05, 3.63) is 28.8 Å². The van der Waals surface area contributed by atoms with Crippen LogP contribution in [0.4, 0.5) is 0 Å². The quantitative estimate of drug-likeness (QED) is 0.0590. The third-order valence-electron chi connectivity index (χ3n) is 9.68. The van der Waals surface area contributed by atoms with Crippen LogP contribution in [0.15, 0.2) is 17.1 Å². The van der Waals surface area contributed by atoms with Crippen LogP contribution in [-0.4, -0.2) is 59.6 Å². The van der Waals surface area contributed by atoms with Gasteiger partial charge < -0.3 is 39.1 Å². The maximum Gasteiger partial charge on any atom is 0.224 e. The fourth-order valence-corrected chi connectivity index (χ4v) is 7.06. The monoisotopic (exact) mass is 627 g/mol. The minimum atomic E-state index is -0.841. The summed E-state index contributed by atoms with van der Waals surface area (Å²) in [4.78, 5) is 57.1. The molecule has 0 unspecified atom stereocenters. The molecule has 4 rings (SSSR count). The van der Waals surface area contributed by atoms with E-state index in [0.717, 1.165) is 41.9 Å². The molecule has 12 heteroatoms. The van der Waals surface area contributed by atoms with Gasteiger partial charge in [0.15, 0.2) is 11.7 Å². The Hall–Kier alpha value is -3.51. The van der Waals surface area contributed by atoms with Gasteiger partial charge in [0.25, 0.3) is 0 Å². The van der Waals surface area contributed by atoms with Crippen LogP contribution >= 0.6 is 0 Å². The van der Waals surface area contributed by atoms with Gasteiger partial charge in [-0.25, -0.2) is 0 Å². The van der Waals surface area contributed by atoms with E-state index in [2.05, 4.69) is 10.3 Å². The normalized spacial score (nSPS) is 20.9. The number of aryl methyl sites for hydroxylation is 2.